The van der Waals surface area contributed by atoms with E-state index < -0.39 is 0 Å². The second-order valence-corrected chi connectivity index (χ2v) is 4.92. The number of nitrogens with two attached hydrogens (primary N) is 2. The molecule has 0 bridgehead atoms. The van der Waals surface area contributed by atoms with Crippen molar-refractivity contribution in [1.82, 2.24) is 9.97 Å². The average molecular weight is 330 g/mol. The Bertz CT molecular complexity index is 864. The molecule has 0 radical (unpaired) electrons. The molecule has 6 nitrogen and oxygen atoms in total. The third kappa shape index (κ3) is 3.49. The van der Waals surface area contributed by atoms with Crippen LogP contribution in [0.15, 0.2) is 42.5 Å². The molecule has 2 heterocycles. The van der Waals surface area contributed by atoms with E-state index in [1.165, 1.54) is 0 Å². The molecule has 2 aromatic heterocycles. The van der Waals surface area contributed by atoms with Crippen molar-refractivity contribution in [2.45, 2.75) is 6.92 Å². The lowest BCUT2D eigenvalue weighted by Crippen LogP contribution is -2.10. The lowest BCUT2D eigenvalue weighted by molar-refractivity contribution is 0.464. The molecule has 0 amide bonds. The monoisotopic (exact) mass is 329 g/mol. The fourth-order valence-corrected chi connectivity index (χ4v) is 2.13. The van der Waals surface area contributed by atoms with Gasteiger partial charge in [-0.05, 0) is 48.9 Å². The number of hydrogen-bond donors (Lipinski definition) is 3. The Morgan fingerprint density at radius 1 is 1.09 bits per heavy atom. The molecule has 0 saturated carbocycles. The molecule has 0 fully saturated rings. The summed E-state index contributed by atoms with van der Waals surface area (Å²) in [5, 5.41) is 8.31. The number of nitrogen functional groups attached to an aromatic ring is 2. The Balaban J connectivity index is 0.00000192. The average Bonchev–Trinajstić information content (AvgIpc) is 2.47. The molecule has 0 aliphatic carbocycles. The highest BCUT2D eigenvalue weighted by Gasteiger charge is 2.07. The van der Waals surface area contributed by atoms with Crippen LogP contribution in [0.25, 0.3) is 11.0 Å². The zero-order valence-electron chi connectivity index (χ0n) is 12.4. The van der Waals surface area contributed by atoms with E-state index >= 15 is 0 Å². The Morgan fingerprint density at radius 3 is 2.43 bits per heavy atom. The molecule has 3 aromatic rings. The summed E-state index contributed by atoms with van der Waals surface area (Å²) in [5.74, 6) is 1.49. The van der Waals surface area contributed by atoms with Crippen molar-refractivity contribution in [1.29, 1.82) is 5.41 Å². The van der Waals surface area contributed by atoms with Gasteiger partial charge < -0.3 is 16.2 Å². The van der Waals surface area contributed by atoms with Gasteiger partial charge in [0, 0.05) is 17.0 Å². The zero-order valence-corrected chi connectivity index (χ0v) is 13.2. The molecule has 1 aromatic carbocycles. The topological polar surface area (TPSA) is 111 Å². The largest absolute Gasteiger partial charge is 0.439 e. The molecule has 0 unspecified atom stereocenters. The molecule has 23 heavy (non-hydrogen) atoms. The Hall–Kier alpha value is -2.86. The number of rotatable bonds is 3. The molecule has 0 spiro atoms. The Morgan fingerprint density at radius 2 is 1.78 bits per heavy atom. The molecular weight excluding hydrogens is 314 g/mol. The molecule has 5 N–H and O–H groups in total. The van der Waals surface area contributed by atoms with E-state index in [9.17, 15) is 0 Å². The Kier molecular flexibility index (Phi) is 4.66. The number of amidine groups is 1. The fourth-order valence-electron chi connectivity index (χ4n) is 2.13. The minimum atomic E-state index is 0. The normalized spacial score (nSPS) is 10.1. The summed E-state index contributed by atoms with van der Waals surface area (Å²) in [5.41, 5.74) is 13.3. The van der Waals surface area contributed by atoms with Gasteiger partial charge in [0.2, 0.25) is 5.88 Å². The number of ether oxygens (including phenoxy) is 1. The van der Waals surface area contributed by atoms with Crippen molar-refractivity contribution in [2.24, 2.45) is 5.73 Å². The second-order valence-electron chi connectivity index (χ2n) is 4.92. The van der Waals surface area contributed by atoms with Crippen molar-refractivity contribution in [2.75, 3.05) is 5.73 Å². The number of nitrogens with one attached hydrogen (secondary N) is 1. The smallest absolute Gasteiger partial charge is 0.221 e. The van der Waals surface area contributed by atoms with E-state index in [1.54, 1.807) is 30.3 Å². The third-order valence-corrected chi connectivity index (χ3v) is 3.27. The van der Waals surface area contributed by atoms with Gasteiger partial charge in [-0.15, -0.1) is 12.4 Å². The van der Waals surface area contributed by atoms with E-state index in [1.807, 2.05) is 19.1 Å². The maximum Gasteiger partial charge on any atom is 0.221 e. The SMILES string of the molecule is Cc1cc(Oc2ccc(C(=N)N)cc2)nc2nc(N)ccc12.Cl. The maximum atomic E-state index is 7.37. The van der Waals surface area contributed by atoms with Gasteiger partial charge in [-0.25, -0.2) is 4.98 Å². The van der Waals surface area contributed by atoms with Crippen LogP contribution in [0.5, 0.6) is 11.6 Å². The maximum absolute atomic E-state index is 7.37. The number of benzene rings is 1. The lowest BCUT2D eigenvalue weighted by Gasteiger charge is -2.08. The predicted octanol–water partition coefficient (Wildman–Crippen LogP) is 3.02. The molecule has 0 aliphatic rings. The number of anilines is 1. The molecular formula is C16H16ClN5O. The van der Waals surface area contributed by atoms with Crippen molar-refractivity contribution in [3.8, 4) is 11.6 Å². The van der Waals surface area contributed by atoms with Crippen LogP contribution in [-0.2, 0) is 0 Å². The number of nitrogens with zero attached hydrogens (tertiary/aromatic N) is 2. The van der Waals surface area contributed by atoms with Gasteiger partial charge in [0.1, 0.15) is 17.4 Å². The van der Waals surface area contributed by atoms with Gasteiger partial charge in [-0.2, -0.15) is 4.98 Å². The summed E-state index contributed by atoms with van der Waals surface area (Å²) in [6.07, 6.45) is 0. The molecule has 0 aliphatic heterocycles. The lowest BCUT2D eigenvalue weighted by atomic mass is 10.2. The van der Waals surface area contributed by atoms with Crippen molar-refractivity contribution < 1.29 is 4.74 Å². The first kappa shape index (κ1) is 16.5. The predicted molar refractivity (Wildman–Crippen MR) is 93.5 cm³/mol. The van der Waals surface area contributed by atoms with E-state index in [4.69, 9.17) is 21.6 Å². The number of aryl methyl sites for hydroxylation is 1. The van der Waals surface area contributed by atoms with Crippen molar-refractivity contribution in [3.05, 3.63) is 53.6 Å². The minimum absolute atomic E-state index is 0. The van der Waals surface area contributed by atoms with Crippen LogP contribution in [0.3, 0.4) is 0 Å². The van der Waals surface area contributed by atoms with Crippen molar-refractivity contribution in [3.63, 3.8) is 0 Å². The minimum Gasteiger partial charge on any atom is -0.439 e. The van der Waals surface area contributed by atoms with Gasteiger partial charge in [0.25, 0.3) is 0 Å². The van der Waals surface area contributed by atoms with Gasteiger partial charge in [0.15, 0.2) is 5.65 Å². The molecule has 118 valence electrons. The Labute approximate surface area is 139 Å². The number of aromatic nitrogens is 2. The summed E-state index contributed by atoms with van der Waals surface area (Å²) in [6.45, 7) is 1.97. The van der Waals surface area contributed by atoms with Crippen LogP contribution in [0.2, 0.25) is 0 Å². The highest BCUT2D eigenvalue weighted by Crippen LogP contribution is 2.25. The number of pyridine rings is 2. The summed E-state index contributed by atoms with van der Waals surface area (Å²) in [7, 11) is 0. The zero-order chi connectivity index (χ0) is 15.7. The van der Waals surface area contributed by atoms with E-state index in [-0.39, 0.29) is 18.2 Å². The fraction of sp³-hybridized carbons (Fsp3) is 0.0625. The quantitative estimate of drug-likeness (QED) is 0.505. The van der Waals surface area contributed by atoms with Crippen LogP contribution >= 0.6 is 12.4 Å². The van der Waals surface area contributed by atoms with Gasteiger partial charge >= 0.3 is 0 Å². The van der Waals surface area contributed by atoms with Crippen LogP contribution < -0.4 is 16.2 Å². The first-order valence-corrected chi connectivity index (χ1v) is 6.69. The summed E-state index contributed by atoms with van der Waals surface area (Å²) < 4.78 is 5.74. The number of hydrogen-bond acceptors (Lipinski definition) is 5. The molecule has 0 saturated heterocycles. The summed E-state index contributed by atoms with van der Waals surface area (Å²) in [6, 6.07) is 12.4. The molecule has 7 heteroatoms. The third-order valence-electron chi connectivity index (χ3n) is 3.27. The van der Waals surface area contributed by atoms with Crippen LogP contribution in [-0.4, -0.2) is 15.8 Å². The van der Waals surface area contributed by atoms with E-state index in [2.05, 4.69) is 9.97 Å². The second kappa shape index (κ2) is 6.50. The summed E-state index contributed by atoms with van der Waals surface area (Å²) >= 11 is 0. The molecule has 3 rings (SSSR count). The highest BCUT2D eigenvalue weighted by atomic mass is 35.5. The van der Waals surface area contributed by atoms with E-state index in [0.717, 1.165) is 10.9 Å². The van der Waals surface area contributed by atoms with Crippen LogP contribution in [0, 0.1) is 12.3 Å². The first-order chi connectivity index (χ1) is 10.5. The summed E-state index contributed by atoms with van der Waals surface area (Å²) in [4.78, 5) is 8.59. The van der Waals surface area contributed by atoms with Gasteiger partial charge in [-0.3, -0.25) is 5.41 Å². The highest BCUT2D eigenvalue weighted by molar-refractivity contribution is 5.95. The van der Waals surface area contributed by atoms with Crippen LogP contribution in [0.1, 0.15) is 11.1 Å². The van der Waals surface area contributed by atoms with E-state index in [0.29, 0.717) is 28.7 Å². The first-order valence-electron chi connectivity index (χ1n) is 6.69. The number of halogens is 1. The van der Waals surface area contributed by atoms with Gasteiger partial charge in [-0.1, -0.05) is 0 Å². The molecule has 0 atom stereocenters. The van der Waals surface area contributed by atoms with Crippen molar-refractivity contribution >= 4 is 35.1 Å². The number of fused-ring (bicyclic) bond motifs is 1. The van der Waals surface area contributed by atoms with Gasteiger partial charge in [0.05, 0.1) is 0 Å². The standard InChI is InChI=1S/C16H15N5O.ClH/c1-9-8-14(21-16-12(9)6-7-13(17)20-16)22-11-4-2-10(3-5-11)15(18)19;/h2-8H,1H3,(H3,18,19)(H2,17,20,21);1H. The van der Waals surface area contributed by atoms with Crippen LogP contribution in [0.4, 0.5) is 5.82 Å².